The predicted molar refractivity (Wildman–Crippen MR) is 76.0 cm³/mol. The minimum atomic E-state index is -0.466. The van der Waals surface area contributed by atoms with Gasteiger partial charge < -0.3 is 14.6 Å². The molecule has 102 valence electrons. The second-order valence-corrected chi connectivity index (χ2v) is 5.72. The standard InChI is InChI=1S/C15H20N2O2/c1-15(2,3)19-14(18)17(4)10-12-9-11-7-5-6-8-13(11)16-12/h5-9,16H,10H2,1-4H3. The Hall–Kier alpha value is -1.97. The number of aromatic amines is 1. The fourth-order valence-corrected chi connectivity index (χ4v) is 1.88. The maximum atomic E-state index is 11.9. The molecule has 0 aliphatic rings. The van der Waals surface area contributed by atoms with Crippen LogP contribution in [0.3, 0.4) is 0 Å². The van der Waals surface area contributed by atoms with Gasteiger partial charge in [0.1, 0.15) is 5.60 Å². The summed E-state index contributed by atoms with van der Waals surface area (Å²) in [7, 11) is 1.74. The Balaban J connectivity index is 2.06. The Morgan fingerprint density at radius 3 is 2.63 bits per heavy atom. The summed E-state index contributed by atoms with van der Waals surface area (Å²) in [4.78, 5) is 16.7. The number of para-hydroxylation sites is 1. The normalized spacial score (nSPS) is 11.6. The van der Waals surface area contributed by atoms with Gasteiger partial charge in [0, 0.05) is 18.3 Å². The number of hydrogen-bond donors (Lipinski definition) is 1. The van der Waals surface area contributed by atoms with Crippen molar-refractivity contribution < 1.29 is 9.53 Å². The second-order valence-electron chi connectivity index (χ2n) is 5.72. The zero-order valence-corrected chi connectivity index (χ0v) is 11.9. The average Bonchev–Trinajstić information content (AvgIpc) is 2.68. The third-order valence-corrected chi connectivity index (χ3v) is 2.70. The quantitative estimate of drug-likeness (QED) is 0.897. The smallest absolute Gasteiger partial charge is 0.410 e. The predicted octanol–water partition coefficient (Wildman–Crippen LogP) is 3.53. The number of aromatic nitrogens is 1. The van der Waals surface area contributed by atoms with E-state index in [9.17, 15) is 4.79 Å². The van der Waals surface area contributed by atoms with Gasteiger partial charge in [-0.2, -0.15) is 0 Å². The lowest BCUT2D eigenvalue weighted by Crippen LogP contribution is -2.33. The monoisotopic (exact) mass is 260 g/mol. The third-order valence-electron chi connectivity index (χ3n) is 2.70. The topological polar surface area (TPSA) is 45.3 Å². The molecule has 0 atom stereocenters. The third kappa shape index (κ3) is 3.50. The van der Waals surface area contributed by atoms with Crippen molar-refractivity contribution in [3.05, 3.63) is 36.0 Å². The van der Waals surface area contributed by atoms with Crippen LogP contribution in [0.2, 0.25) is 0 Å². The molecular formula is C15H20N2O2. The molecule has 19 heavy (non-hydrogen) atoms. The van der Waals surface area contributed by atoms with Gasteiger partial charge in [-0.25, -0.2) is 4.79 Å². The first-order valence-corrected chi connectivity index (χ1v) is 6.36. The first-order valence-electron chi connectivity index (χ1n) is 6.36. The second kappa shape index (κ2) is 4.96. The van der Waals surface area contributed by atoms with Crippen molar-refractivity contribution in [2.24, 2.45) is 0 Å². The van der Waals surface area contributed by atoms with Crippen LogP contribution in [0, 0.1) is 0 Å². The van der Waals surface area contributed by atoms with E-state index >= 15 is 0 Å². The molecule has 4 nitrogen and oxygen atoms in total. The van der Waals surface area contributed by atoms with Crippen LogP contribution in [0.1, 0.15) is 26.5 Å². The van der Waals surface area contributed by atoms with Gasteiger partial charge in [0.05, 0.1) is 6.54 Å². The molecule has 0 fully saturated rings. The van der Waals surface area contributed by atoms with E-state index in [-0.39, 0.29) is 6.09 Å². The van der Waals surface area contributed by atoms with Crippen LogP contribution >= 0.6 is 0 Å². The summed E-state index contributed by atoms with van der Waals surface area (Å²) in [6, 6.07) is 10.1. The van der Waals surface area contributed by atoms with Crippen LogP contribution in [0.4, 0.5) is 4.79 Å². The molecule has 0 saturated heterocycles. The van der Waals surface area contributed by atoms with Crippen molar-refractivity contribution in [3.8, 4) is 0 Å². The average molecular weight is 260 g/mol. The van der Waals surface area contributed by atoms with E-state index in [1.807, 2.05) is 45.0 Å². The summed E-state index contributed by atoms with van der Waals surface area (Å²) in [6.45, 7) is 6.09. The zero-order valence-electron chi connectivity index (χ0n) is 11.9. The maximum absolute atomic E-state index is 11.9. The summed E-state index contributed by atoms with van der Waals surface area (Å²) < 4.78 is 5.32. The summed E-state index contributed by atoms with van der Waals surface area (Å²) in [5.41, 5.74) is 1.61. The van der Waals surface area contributed by atoms with Gasteiger partial charge in [-0.15, -0.1) is 0 Å². The fourth-order valence-electron chi connectivity index (χ4n) is 1.88. The van der Waals surface area contributed by atoms with Crippen molar-refractivity contribution in [3.63, 3.8) is 0 Å². The molecule has 0 unspecified atom stereocenters. The van der Waals surface area contributed by atoms with E-state index in [4.69, 9.17) is 4.74 Å². The van der Waals surface area contributed by atoms with Crippen molar-refractivity contribution in [1.82, 2.24) is 9.88 Å². The highest BCUT2D eigenvalue weighted by Gasteiger charge is 2.19. The van der Waals surface area contributed by atoms with Crippen LogP contribution in [0.5, 0.6) is 0 Å². The Bertz CT molecular complexity index is 548. The molecule has 0 aliphatic heterocycles. The Morgan fingerprint density at radius 2 is 2.00 bits per heavy atom. The molecule has 0 bridgehead atoms. The first-order chi connectivity index (χ1) is 8.85. The molecule has 1 amide bonds. The maximum Gasteiger partial charge on any atom is 0.410 e. The molecule has 1 aromatic heterocycles. The van der Waals surface area contributed by atoms with E-state index in [0.29, 0.717) is 6.54 Å². The van der Waals surface area contributed by atoms with Gasteiger partial charge in [-0.1, -0.05) is 18.2 Å². The van der Waals surface area contributed by atoms with Crippen molar-refractivity contribution in [1.29, 1.82) is 0 Å². The highest BCUT2D eigenvalue weighted by Crippen LogP contribution is 2.16. The van der Waals surface area contributed by atoms with Gasteiger partial charge in [0.2, 0.25) is 0 Å². The fraction of sp³-hybridized carbons (Fsp3) is 0.400. The molecule has 0 aliphatic carbocycles. The Morgan fingerprint density at radius 1 is 1.32 bits per heavy atom. The number of carbonyl (C=O) groups excluding carboxylic acids is 1. The molecular weight excluding hydrogens is 240 g/mol. The van der Waals surface area contributed by atoms with Gasteiger partial charge in [0.25, 0.3) is 0 Å². The number of carbonyl (C=O) groups is 1. The number of amides is 1. The van der Waals surface area contributed by atoms with E-state index in [2.05, 4.69) is 11.1 Å². The van der Waals surface area contributed by atoms with Gasteiger partial charge in [0.15, 0.2) is 0 Å². The lowest BCUT2D eigenvalue weighted by molar-refractivity contribution is 0.0283. The number of H-pyrrole nitrogens is 1. The van der Waals surface area contributed by atoms with Crippen LogP contribution in [0.25, 0.3) is 10.9 Å². The highest BCUT2D eigenvalue weighted by atomic mass is 16.6. The summed E-state index contributed by atoms with van der Waals surface area (Å²) >= 11 is 0. The lowest BCUT2D eigenvalue weighted by Gasteiger charge is -2.24. The van der Waals surface area contributed by atoms with E-state index in [1.54, 1.807) is 11.9 Å². The van der Waals surface area contributed by atoms with Gasteiger partial charge in [-0.05, 0) is 38.3 Å². The molecule has 1 aromatic carbocycles. The highest BCUT2D eigenvalue weighted by molar-refractivity contribution is 5.80. The molecule has 1 N–H and O–H groups in total. The number of fused-ring (bicyclic) bond motifs is 1. The Kier molecular flexibility index (Phi) is 3.51. The number of ether oxygens (including phenoxy) is 1. The summed E-state index contributed by atoms with van der Waals surface area (Å²) in [5.74, 6) is 0. The van der Waals surface area contributed by atoms with Crippen molar-refractivity contribution in [2.45, 2.75) is 32.9 Å². The molecule has 2 rings (SSSR count). The van der Waals surface area contributed by atoms with Crippen LogP contribution in [0.15, 0.2) is 30.3 Å². The van der Waals surface area contributed by atoms with Gasteiger partial charge >= 0.3 is 6.09 Å². The minimum absolute atomic E-state index is 0.314. The molecule has 0 radical (unpaired) electrons. The van der Waals surface area contributed by atoms with Crippen LogP contribution in [-0.2, 0) is 11.3 Å². The largest absolute Gasteiger partial charge is 0.444 e. The SMILES string of the molecule is CN(Cc1cc2ccccc2[nH]1)C(=O)OC(C)(C)C. The number of benzene rings is 1. The van der Waals surface area contributed by atoms with Crippen LogP contribution < -0.4 is 0 Å². The minimum Gasteiger partial charge on any atom is -0.444 e. The number of hydrogen-bond acceptors (Lipinski definition) is 2. The van der Waals surface area contributed by atoms with Gasteiger partial charge in [-0.3, -0.25) is 0 Å². The molecule has 2 aromatic rings. The van der Waals surface area contributed by atoms with Crippen molar-refractivity contribution in [2.75, 3.05) is 7.05 Å². The Labute approximate surface area is 113 Å². The lowest BCUT2D eigenvalue weighted by atomic mass is 10.2. The zero-order chi connectivity index (χ0) is 14.0. The van der Waals surface area contributed by atoms with E-state index in [0.717, 1.165) is 16.6 Å². The molecule has 1 heterocycles. The number of rotatable bonds is 2. The van der Waals surface area contributed by atoms with Crippen molar-refractivity contribution >= 4 is 17.0 Å². The van der Waals surface area contributed by atoms with E-state index in [1.165, 1.54) is 0 Å². The van der Waals surface area contributed by atoms with E-state index < -0.39 is 5.60 Å². The number of nitrogens with zero attached hydrogens (tertiary/aromatic N) is 1. The number of nitrogens with one attached hydrogen (secondary N) is 1. The molecule has 0 saturated carbocycles. The molecule has 4 heteroatoms. The molecule has 0 spiro atoms. The first kappa shape index (κ1) is 13.5. The summed E-state index contributed by atoms with van der Waals surface area (Å²) in [5, 5.41) is 1.15. The summed E-state index contributed by atoms with van der Waals surface area (Å²) in [6.07, 6.45) is -0.314. The van der Waals surface area contributed by atoms with Crippen LogP contribution in [-0.4, -0.2) is 28.6 Å².